The molecule has 6 nitrogen and oxygen atoms in total. The first-order valence-electron chi connectivity index (χ1n) is 8.50. The van der Waals surface area contributed by atoms with Crippen LogP contribution in [0.15, 0.2) is 47.4 Å². The molecule has 1 unspecified atom stereocenters. The van der Waals surface area contributed by atoms with E-state index in [4.69, 9.17) is 16.3 Å². The van der Waals surface area contributed by atoms with Crippen LogP contribution >= 0.6 is 11.6 Å². The summed E-state index contributed by atoms with van der Waals surface area (Å²) in [5.41, 5.74) is 1.54. The molecule has 144 valence electrons. The summed E-state index contributed by atoms with van der Waals surface area (Å²) in [5, 5.41) is 0.442. The van der Waals surface area contributed by atoms with Crippen LogP contribution in [0.25, 0.3) is 0 Å². The molecule has 0 spiro atoms. The van der Waals surface area contributed by atoms with Crippen molar-refractivity contribution in [1.29, 1.82) is 0 Å². The van der Waals surface area contributed by atoms with Crippen molar-refractivity contribution in [2.45, 2.75) is 24.3 Å². The predicted octanol–water partition coefficient (Wildman–Crippen LogP) is 2.95. The van der Waals surface area contributed by atoms with E-state index in [2.05, 4.69) is 0 Å². The van der Waals surface area contributed by atoms with Gasteiger partial charge in [0.05, 0.1) is 9.92 Å². The number of anilines is 1. The number of rotatable bonds is 5. The Morgan fingerprint density at radius 2 is 1.93 bits per heavy atom. The number of hydrogen-bond donors (Lipinski definition) is 0. The Bertz CT molecular complexity index is 975. The Kier molecular flexibility index (Phi) is 5.46. The van der Waals surface area contributed by atoms with Gasteiger partial charge in [0.15, 0.2) is 6.10 Å². The van der Waals surface area contributed by atoms with Crippen LogP contribution in [-0.4, -0.2) is 45.4 Å². The summed E-state index contributed by atoms with van der Waals surface area (Å²) >= 11 is 6.09. The highest BCUT2D eigenvalue weighted by atomic mass is 35.5. The second-order valence-corrected chi connectivity index (χ2v) is 9.07. The number of hydrogen-bond acceptors (Lipinski definition) is 4. The van der Waals surface area contributed by atoms with Crippen molar-refractivity contribution in [2.75, 3.05) is 25.5 Å². The highest BCUT2D eigenvalue weighted by Crippen LogP contribution is 2.32. The maximum Gasteiger partial charge on any atom is 0.267 e. The number of sulfonamides is 1. The van der Waals surface area contributed by atoms with Crippen LogP contribution in [0.1, 0.15) is 12.5 Å². The van der Waals surface area contributed by atoms with Gasteiger partial charge in [-0.3, -0.25) is 4.79 Å². The number of carbonyl (C=O) groups excluding carboxylic acids is 1. The molecule has 0 aromatic heterocycles. The zero-order valence-corrected chi connectivity index (χ0v) is 16.9. The number of amides is 1. The number of nitrogens with zero attached hydrogens (tertiary/aromatic N) is 2. The van der Waals surface area contributed by atoms with E-state index in [-0.39, 0.29) is 10.8 Å². The molecule has 1 atom stereocenters. The summed E-state index contributed by atoms with van der Waals surface area (Å²) in [5.74, 6) is 0.253. The topological polar surface area (TPSA) is 66.9 Å². The Balaban J connectivity index is 1.81. The molecule has 27 heavy (non-hydrogen) atoms. The molecule has 0 radical (unpaired) electrons. The minimum Gasteiger partial charge on any atom is -0.479 e. The van der Waals surface area contributed by atoms with Crippen molar-refractivity contribution < 1.29 is 17.9 Å². The lowest BCUT2D eigenvalue weighted by Crippen LogP contribution is -2.39. The molecule has 0 saturated heterocycles. The van der Waals surface area contributed by atoms with Crippen LogP contribution in [0.5, 0.6) is 5.75 Å². The minimum atomic E-state index is -3.51. The molecule has 1 aliphatic heterocycles. The van der Waals surface area contributed by atoms with E-state index in [0.29, 0.717) is 29.4 Å². The largest absolute Gasteiger partial charge is 0.479 e. The maximum absolute atomic E-state index is 12.8. The molecule has 1 heterocycles. The van der Waals surface area contributed by atoms with Crippen LogP contribution in [-0.2, 0) is 21.2 Å². The Morgan fingerprint density at radius 1 is 1.22 bits per heavy atom. The fraction of sp³-hybridized carbons (Fsp3) is 0.316. The summed E-state index contributed by atoms with van der Waals surface area (Å²) < 4.78 is 31.5. The van der Waals surface area contributed by atoms with Crippen LogP contribution in [0.4, 0.5) is 5.69 Å². The van der Waals surface area contributed by atoms with E-state index < -0.39 is 16.1 Å². The Morgan fingerprint density at radius 3 is 2.59 bits per heavy atom. The highest BCUT2D eigenvalue weighted by Gasteiger charge is 2.30. The SMILES string of the molecule is CC(Oc1ccccc1Cl)C(=O)N1CCc2cc(S(=O)(=O)N(C)C)ccc21. The molecular weight excluding hydrogens is 388 g/mol. The number of ether oxygens (including phenoxy) is 1. The van der Waals surface area contributed by atoms with E-state index in [1.807, 2.05) is 0 Å². The third-order valence-corrected chi connectivity index (χ3v) is 6.60. The molecule has 0 bridgehead atoms. The Labute approximate surface area is 164 Å². The van der Waals surface area contributed by atoms with Gasteiger partial charge in [-0.2, -0.15) is 0 Å². The second kappa shape index (κ2) is 7.50. The molecule has 1 amide bonds. The van der Waals surface area contributed by atoms with Gasteiger partial charge in [0.25, 0.3) is 5.91 Å². The van der Waals surface area contributed by atoms with E-state index in [1.54, 1.807) is 48.2 Å². The quantitative estimate of drug-likeness (QED) is 0.762. The summed E-state index contributed by atoms with van der Waals surface area (Å²) in [6, 6.07) is 11.8. The van der Waals surface area contributed by atoms with E-state index in [1.165, 1.54) is 24.5 Å². The zero-order chi connectivity index (χ0) is 19.8. The smallest absolute Gasteiger partial charge is 0.267 e. The molecule has 2 aromatic rings. The van der Waals surface area contributed by atoms with Gasteiger partial charge in [-0.05, 0) is 49.2 Å². The maximum atomic E-state index is 12.8. The van der Waals surface area contributed by atoms with Gasteiger partial charge >= 0.3 is 0 Å². The summed E-state index contributed by atoms with van der Waals surface area (Å²) in [6.07, 6.45) is -0.127. The van der Waals surface area contributed by atoms with Gasteiger partial charge < -0.3 is 9.64 Å². The van der Waals surface area contributed by atoms with Gasteiger partial charge in [0.2, 0.25) is 10.0 Å². The van der Waals surface area contributed by atoms with Crippen LogP contribution < -0.4 is 9.64 Å². The molecular formula is C19H21ClN2O4S. The fourth-order valence-corrected chi connectivity index (χ4v) is 4.11. The first-order valence-corrected chi connectivity index (χ1v) is 10.3. The molecule has 2 aromatic carbocycles. The van der Waals surface area contributed by atoms with Gasteiger partial charge in [-0.15, -0.1) is 0 Å². The number of para-hydroxylation sites is 1. The van der Waals surface area contributed by atoms with Crippen LogP contribution in [0.3, 0.4) is 0 Å². The Hall–Kier alpha value is -2.09. The number of halogens is 1. The van der Waals surface area contributed by atoms with Crippen molar-refractivity contribution in [1.82, 2.24) is 4.31 Å². The monoisotopic (exact) mass is 408 g/mol. The average molecular weight is 409 g/mol. The van der Waals surface area contributed by atoms with E-state index >= 15 is 0 Å². The fourth-order valence-electron chi connectivity index (χ4n) is 2.98. The van der Waals surface area contributed by atoms with E-state index in [9.17, 15) is 13.2 Å². The molecule has 8 heteroatoms. The third-order valence-electron chi connectivity index (χ3n) is 4.48. The third kappa shape index (κ3) is 3.81. The van der Waals surface area contributed by atoms with Gasteiger partial charge in [-0.1, -0.05) is 23.7 Å². The molecule has 0 aliphatic carbocycles. The number of benzene rings is 2. The molecule has 1 aliphatic rings. The summed E-state index contributed by atoms with van der Waals surface area (Å²) in [7, 11) is -0.523. The van der Waals surface area contributed by atoms with Crippen molar-refractivity contribution in [3.8, 4) is 5.75 Å². The molecule has 0 N–H and O–H groups in total. The minimum absolute atomic E-state index is 0.197. The number of carbonyl (C=O) groups is 1. The first-order chi connectivity index (χ1) is 12.7. The summed E-state index contributed by atoms with van der Waals surface area (Å²) in [6.45, 7) is 2.16. The van der Waals surface area contributed by atoms with Crippen molar-refractivity contribution in [2.24, 2.45) is 0 Å². The lowest BCUT2D eigenvalue weighted by Gasteiger charge is -2.23. The highest BCUT2D eigenvalue weighted by molar-refractivity contribution is 7.89. The molecule has 0 saturated carbocycles. The van der Waals surface area contributed by atoms with Crippen LogP contribution in [0.2, 0.25) is 5.02 Å². The normalized spacial score (nSPS) is 14.9. The van der Waals surface area contributed by atoms with E-state index in [0.717, 1.165) is 5.56 Å². The van der Waals surface area contributed by atoms with Crippen molar-refractivity contribution >= 4 is 33.2 Å². The lowest BCUT2D eigenvalue weighted by molar-refractivity contribution is -0.124. The van der Waals surface area contributed by atoms with Gasteiger partial charge in [0.1, 0.15) is 5.75 Å². The standard InChI is InChI=1S/C19H21ClN2O4S/c1-13(26-18-7-5-4-6-16(18)20)19(23)22-11-10-14-12-15(8-9-17(14)22)27(24,25)21(2)3/h4-9,12-13H,10-11H2,1-3H3. The zero-order valence-electron chi connectivity index (χ0n) is 15.3. The lowest BCUT2D eigenvalue weighted by atomic mass is 10.2. The average Bonchev–Trinajstić information content (AvgIpc) is 3.05. The predicted molar refractivity (Wildman–Crippen MR) is 105 cm³/mol. The van der Waals surface area contributed by atoms with Crippen LogP contribution in [0, 0.1) is 0 Å². The van der Waals surface area contributed by atoms with Gasteiger partial charge in [0, 0.05) is 26.3 Å². The van der Waals surface area contributed by atoms with Crippen molar-refractivity contribution in [3.05, 3.63) is 53.1 Å². The van der Waals surface area contributed by atoms with Crippen molar-refractivity contribution in [3.63, 3.8) is 0 Å². The molecule has 3 rings (SSSR count). The first kappa shape index (κ1) is 19.7. The van der Waals surface area contributed by atoms with Gasteiger partial charge in [-0.25, -0.2) is 12.7 Å². The second-order valence-electron chi connectivity index (χ2n) is 6.51. The number of fused-ring (bicyclic) bond motifs is 1. The molecule has 0 fully saturated rings. The summed E-state index contributed by atoms with van der Waals surface area (Å²) in [4.78, 5) is 14.7.